The van der Waals surface area contributed by atoms with E-state index in [1.54, 1.807) is 18.2 Å². The fourth-order valence-electron chi connectivity index (χ4n) is 6.28. The molecule has 2 amide bonds. The summed E-state index contributed by atoms with van der Waals surface area (Å²) >= 11 is 0. The van der Waals surface area contributed by atoms with Crippen molar-refractivity contribution in [2.75, 3.05) is 45.0 Å². The van der Waals surface area contributed by atoms with Crippen molar-refractivity contribution in [1.29, 1.82) is 0 Å². The summed E-state index contributed by atoms with van der Waals surface area (Å²) in [6, 6.07) is 8.34. The predicted molar refractivity (Wildman–Crippen MR) is 158 cm³/mol. The first kappa shape index (κ1) is 32.8. The van der Waals surface area contributed by atoms with Gasteiger partial charge in [-0.05, 0) is 68.4 Å². The third-order valence-electron chi connectivity index (χ3n) is 8.23. The monoisotopic (exact) mass is 622 g/mol. The van der Waals surface area contributed by atoms with Crippen molar-refractivity contribution < 1.29 is 36.3 Å². The van der Waals surface area contributed by atoms with Crippen molar-refractivity contribution in [3.05, 3.63) is 65.2 Å². The highest BCUT2D eigenvalue weighted by Crippen LogP contribution is 2.36. The molecule has 4 atom stereocenters. The first-order valence-corrected chi connectivity index (χ1v) is 16.3. The molecule has 4 rings (SSSR count). The van der Waals surface area contributed by atoms with Crippen LogP contribution in [0.3, 0.4) is 0 Å². The fourth-order valence-corrected chi connectivity index (χ4v) is 7.73. The van der Waals surface area contributed by atoms with Gasteiger partial charge in [0.15, 0.2) is 0 Å². The Morgan fingerprint density at radius 3 is 2.47 bits per heavy atom. The number of methoxy groups -OCH3 is 1. The first-order valence-electron chi connectivity index (χ1n) is 14.4. The molecule has 2 aromatic carbocycles. The van der Waals surface area contributed by atoms with Crippen LogP contribution >= 0.6 is 0 Å². The zero-order valence-corrected chi connectivity index (χ0v) is 25.5. The van der Waals surface area contributed by atoms with E-state index < -0.39 is 51.7 Å². The van der Waals surface area contributed by atoms with Crippen LogP contribution in [0.4, 0.5) is 19.3 Å². The number of hydrogen-bond donors (Lipinski definition) is 3. The molecular weight excluding hydrogens is 582 g/mol. The van der Waals surface area contributed by atoms with Gasteiger partial charge in [0, 0.05) is 55.6 Å². The number of alkyl carbamates (subject to hydrolysis) is 1. The smallest absolute Gasteiger partial charge is 0.407 e. The van der Waals surface area contributed by atoms with Crippen LogP contribution in [0.2, 0.25) is 0 Å². The molecule has 2 aliphatic heterocycles. The highest BCUT2D eigenvalue weighted by atomic mass is 32.2. The van der Waals surface area contributed by atoms with E-state index in [2.05, 4.69) is 16.0 Å². The molecule has 2 saturated heterocycles. The van der Waals surface area contributed by atoms with Gasteiger partial charge in [-0.15, -0.1) is 0 Å². The molecule has 1 unspecified atom stereocenters. The van der Waals surface area contributed by atoms with Gasteiger partial charge < -0.3 is 25.4 Å². The summed E-state index contributed by atoms with van der Waals surface area (Å²) in [5.41, 5.74) is 1.10. The van der Waals surface area contributed by atoms with Crippen LogP contribution in [0, 0.1) is 17.6 Å². The second kappa shape index (κ2) is 14.6. The molecule has 43 heavy (non-hydrogen) atoms. The van der Waals surface area contributed by atoms with E-state index in [4.69, 9.17) is 9.47 Å². The Kier molecular flexibility index (Phi) is 11.1. The van der Waals surface area contributed by atoms with Crippen molar-refractivity contribution in [1.82, 2.24) is 14.9 Å². The SMILES string of the molecule is COC(=O)N[C@H](C(=O)Nc1cccc(F)c1CC[C@H]1CNC[C@@H](C)N1S(C)(=O)=O)C(c1ccc(F)cc1)C1CCOCC1. The Balaban J connectivity index is 1.63. The number of rotatable bonds is 10. The Bertz CT molecular complexity index is 1370. The molecule has 0 bridgehead atoms. The second-order valence-corrected chi connectivity index (χ2v) is 13.1. The number of carbonyl (C=O) groups is 2. The van der Waals surface area contributed by atoms with Crippen LogP contribution in [-0.4, -0.2) is 82.5 Å². The highest BCUT2D eigenvalue weighted by molar-refractivity contribution is 7.88. The number of ether oxygens (including phenoxy) is 2. The zero-order valence-electron chi connectivity index (χ0n) is 24.6. The minimum absolute atomic E-state index is 0.0816. The van der Waals surface area contributed by atoms with Gasteiger partial charge in [-0.1, -0.05) is 18.2 Å². The highest BCUT2D eigenvalue weighted by Gasteiger charge is 2.38. The summed E-state index contributed by atoms with van der Waals surface area (Å²) < 4.78 is 65.9. The quantitative estimate of drug-likeness (QED) is 0.371. The van der Waals surface area contributed by atoms with Gasteiger partial charge in [0.05, 0.1) is 13.4 Å². The number of halogens is 2. The van der Waals surface area contributed by atoms with Gasteiger partial charge in [0.25, 0.3) is 0 Å². The Morgan fingerprint density at radius 2 is 1.81 bits per heavy atom. The molecule has 3 N–H and O–H groups in total. The minimum Gasteiger partial charge on any atom is -0.453 e. The van der Waals surface area contributed by atoms with Crippen LogP contribution < -0.4 is 16.0 Å². The maximum absolute atomic E-state index is 15.2. The number of carbonyl (C=O) groups excluding carboxylic acids is 2. The van der Waals surface area contributed by atoms with E-state index in [0.717, 1.165) is 0 Å². The van der Waals surface area contributed by atoms with E-state index in [-0.39, 0.29) is 29.6 Å². The van der Waals surface area contributed by atoms with Crippen molar-refractivity contribution in [2.24, 2.45) is 5.92 Å². The van der Waals surface area contributed by atoms with Gasteiger partial charge in [-0.25, -0.2) is 22.0 Å². The molecule has 0 radical (unpaired) electrons. The topological polar surface area (TPSA) is 126 Å². The first-order chi connectivity index (χ1) is 20.5. The van der Waals surface area contributed by atoms with Gasteiger partial charge in [-0.2, -0.15) is 4.31 Å². The number of anilines is 1. The van der Waals surface area contributed by atoms with Crippen molar-refractivity contribution in [3.63, 3.8) is 0 Å². The van der Waals surface area contributed by atoms with E-state index in [1.807, 2.05) is 6.92 Å². The van der Waals surface area contributed by atoms with E-state index in [0.29, 0.717) is 51.1 Å². The lowest BCUT2D eigenvalue weighted by atomic mass is 9.76. The fraction of sp³-hybridized carbons (Fsp3) is 0.533. The van der Waals surface area contributed by atoms with Crippen LogP contribution in [0.25, 0.3) is 0 Å². The lowest BCUT2D eigenvalue weighted by Crippen LogP contribution is -2.58. The summed E-state index contributed by atoms with van der Waals surface area (Å²) in [5.74, 6) is -2.21. The van der Waals surface area contributed by atoms with Crippen molar-refractivity contribution in [3.8, 4) is 0 Å². The number of benzene rings is 2. The molecule has 13 heteroatoms. The zero-order chi connectivity index (χ0) is 31.1. The molecule has 10 nitrogen and oxygen atoms in total. The molecule has 2 fully saturated rings. The Labute approximate surface area is 251 Å². The van der Waals surface area contributed by atoms with Crippen LogP contribution in [0.1, 0.15) is 43.2 Å². The second-order valence-electron chi connectivity index (χ2n) is 11.2. The molecule has 2 heterocycles. The molecule has 0 spiro atoms. The van der Waals surface area contributed by atoms with E-state index in [9.17, 15) is 22.4 Å². The molecule has 236 valence electrons. The number of piperazine rings is 1. The van der Waals surface area contributed by atoms with Gasteiger partial charge in [-0.3, -0.25) is 4.79 Å². The molecule has 2 aliphatic rings. The van der Waals surface area contributed by atoms with Gasteiger partial charge >= 0.3 is 6.09 Å². The normalized spacial score (nSPS) is 21.5. The van der Waals surface area contributed by atoms with Crippen LogP contribution in [0.15, 0.2) is 42.5 Å². The molecule has 2 aromatic rings. The average molecular weight is 623 g/mol. The number of amides is 2. The number of hydrogen-bond acceptors (Lipinski definition) is 7. The summed E-state index contributed by atoms with van der Waals surface area (Å²) in [4.78, 5) is 26.4. The minimum atomic E-state index is -3.50. The Hall–Kier alpha value is -3.13. The Morgan fingerprint density at radius 1 is 1.12 bits per heavy atom. The standard InChI is InChI=1S/C30H40F2N4O6S/c1-19-17-33-18-23(36(19)43(3,39)40)11-12-24-25(32)5-4-6-26(24)34-29(37)28(35-30(38)41-2)27(21-13-15-42-16-14-21)20-7-9-22(31)10-8-20/h4-10,19,21,23,27-28,33H,11-18H2,1-3H3,(H,34,37)(H,35,38)/t19-,23+,27?,28+/m1/s1. The lowest BCUT2D eigenvalue weighted by molar-refractivity contribution is -0.119. The van der Waals surface area contributed by atoms with Crippen molar-refractivity contribution >= 4 is 27.7 Å². The van der Waals surface area contributed by atoms with Gasteiger partial charge in [0.1, 0.15) is 17.7 Å². The third-order valence-corrected chi connectivity index (χ3v) is 9.65. The third kappa shape index (κ3) is 8.28. The average Bonchev–Trinajstić information content (AvgIpc) is 2.97. The van der Waals surface area contributed by atoms with Crippen LogP contribution in [-0.2, 0) is 30.7 Å². The molecular formula is C30H40F2N4O6S. The summed E-state index contributed by atoms with van der Waals surface area (Å²) in [5, 5.41) is 8.71. The van der Waals surface area contributed by atoms with Gasteiger partial charge in [0.2, 0.25) is 15.9 Å². The van der Waals surface area contributed by atoms with Crippen LogP contribution in [0.5, 0.6) is 0 Å². The summed E-state index contributed by atoms with van der Waals surface area (Å²) in [6.45, 7) is 3.70. The number of nitrogens with zero attached hydrogens (tertiary/aromatic N) is 1. The maximum Gasteiger partial charge on any atom is 0.407 e. The molecule has 0 aromatic heterocycles. The van der Waals surface area contributed by atoms with E-state index in [1.165, 1.54) is 41.9 Å². The number of sulfonamides is 1. The van der Waals surface area contributed by atoms with Crippen molar-refractivity contribution in [2.45, 2.75) is 56.7 Å². The summed E-state index contributed by atoms with van der Waals surface area (Å²) in [6.07, 6.45) is 2.05. The lowest BCUT2D eigenvalue weighted by Gasteiger charge is -2.39. The maximum atomic E-state index is 15.2. The number of nitrogens with one attached hydrogen (secondary N) is 3. The predicted octanol–water partition coefficient (Wildman–Crippen LogP) is 3.39. The summed E-state index contributed by atoms with van der Waals surface area (Å²) in [7, 11) is -2.31. The van der Waals surface area contributed by atoms with E-state index >= 15 is 4.39 Å². The largest absolute Gasteiger partial charge is 0.453 e. The molecule has 0 saturated carbocycles. The molecule has 0 aliphatic carbocycles.